The van der Waals surface area contributed by atoms with Crippen molar-refractivity contribution in [3.63, 3.8) is 0 Å². The maximum Gasteiger partial charge on any atom is 0.154 e. The van der Waals surface area contributed by atoms with Crippen molar-refractivity contribution in [1.82, 2.24) is 4.57 Å². The fraction of sp³-hybridized carbons (Fsp3) is 0.140. The topological polar surface area (TPSA) is 66.7 Å². The number of aliphatic imine (C=N–C) groups is 5. The first-order valence-corrected chi connectivity index (χ1v) is 16.3. The van der Waals surface area contributed by atoms with Gasteiger partial charge in [0, 0.05) is 27.3 Å². The lowest BCUT2D eigenvalue weighted by atomic mass is 9.91. The first-order valence-electron chi connectivity index (χ1n) is 16.3. The lowest BCUT2D eigenvalue weighted by molar-refractivity contribution is 0.584. The lowest BCUT2D eigenvalue weighted by Crippen LogP contribution is -2.13. The third-order valence-corrected chi connectivity index (χ3v) is 8.76. The monoisotopic (exact) mass is 640 g/mol. The zero-order chi connectivity index (χ0) is 34.2. The first kappa shape index (κ1) is 32.9. The Hall–Kier alpha value is -6.01. The highest BCUT2D eigenvalue weighted by Gasteiger charge is 2.29. The molecule has 0 spiro atoms. The van der Waals surface area contributed by atoms with Crippen LogP contribution in [0.25, 0.3) is 32.6 Å². The Bertz CT molecular complexity index is 2270. The van der Waals surface area contributed by atoms with Gasteiger partial charge in [-0.25, -0.2) is 4.99 Å². The summed E-state index contributed by atoms with van der Waals surface area (Å²) in [6.45, 7) is 16.9. The highest BCUT2D eigenvalue weighted by Crippen LogP contribution is 2.38. The summed E-state index contributed by atoms with van der Waals surface area (Å²) in [4.78, 5) is 21.9. The molecule has 1 aromatic heterocycles. The fourth-order valence-electron chi connectivity index (χ4n) is 6.34. The van der Waals surface area contributed by atoms with Gasteiger partial charge < -0.3 is 4.57 Å². The number of aromatic nitrogens is 1. The summed E-state index contributed by atoms with van der Waals surface area (Å²) in [6, 6.07) is 41.5. The minimum atomic E-state index is -0.162. The second-order valence-electron chi connectivity index (χ2n) is 12.4. The molecule has 1 aliphatic carbocycles. The maximum atomic E-state index is 5.03. The van der Waals surface area contributed by atoms with Crippen molar-refractivity contribution in [1.29, 1.82) is 0 Å². The van der Waals surface area contributed by atoms with Crippen molar-refractivity contribution in [2.24, 2.45) is 30.4 Å². The molecule has 0 aliphatic heterocycles. The van der Waals surface area contributed by atoms with E-state index >= 15 is 0 Å². The van der Waals surface area contributed by atoms with E-state index in [-0.39, 0.29) is 5.41 Å². The molecule has 0 bridgehead atoms. The molecule has 5 aromatic carbocycles. The van der Waals surface area contributed by atoms with E-state index in [1.54, 1.807) is 0 Å². The number of hydrogen-bond acceptors (Lipinski definition) is 4. The van der Waals surface area contributed by atoms with Crippen molar-refractivity contribution >= 4 is 64.3 Å². The van der Waals surface area contributed by atoms with Crippen LogP contribution < -0.4 is 0 Å². The number of nitrogens with zero attached hydrogens (tertiary/aromatic N) is 6. The Morgan fingerprint density at radius 3 is 2.08 bits per heavy atom. The van der Waals surface area contributed by atoms with Gasteiger partial charge in [0.15, 0.2) is 5.84 Å². The molecular weight excluding hydrogens is 601 g/mol. The largest absolute Gasteiger partial charge is 0.320 e. The van der Waals surface area contributed by atoms with Crippen molar-refractivity contribution in [3.05, 3.63) is 156 Å². The second-order valence-corrected chi connectivity index (χ2v) is 12.4. The standard InChI is InChI=1S/C28H26N4.C15H14N2/c1-28(2)16-15-21(27(28)30-4)23(17-29-3)31-18-32-24-12-8-7-11-22(24)26-20-10-6-5-9-19(20)13-14-25(26)32;1-16-15(14-10-6-3-7-11-14)17-12-13-8-4-2-5-9-13/h5-16H,3-4,17-18H2,1-2H3;2-11H,1,12H2/b31-23-;. The van der Waals surface area contributed by atoms with Gasteiger partial charge in [-0.15, -0.1) is 0 Å². The molecule has 0 atom stereocenters. The van der Waals surface area contributed by atoms with Crippen LogP contribution in [0.3, 0.4) is 0 Å². The predicted molar refractivity (Wildman–Crippen MR) is 211 cm³/mol. The molecular formula is C43H40N6. The van der Waals surface area contributed by atoms with Crippen LogP contribution in [0.1, 0.15) is 25.0 Å². The minimum absolute atomic E-state index is 0.162. The number of fused-ring (bicyclic) bond motifs is 5. The van der Waals surface area contributed by atoms with Crippen LogP contribution >= 0.6 is 0 Å². The van der Waals surface area contributed by atoms with Crippen LogP contribution in [0.5, 0.6) is 0 Å². The van der Waals surface area contributed by atoms with E-state index in [1.165, 1.54) is 38.1 Å². The second kappa shape index (κ2) is 14.8. The summed E-state index contributed by atoms with van der Waals surface area (Å²) in [6.07, 6.45) is 4.24. The number of para-hydroxylation sites is 1. The van der Waals surface area contributed by atoms with Gasteiger partial charge in [-0.3, -0.25) is 20.0 Å². The third-order valence-electron chi connectivity index (χ3n) is 8.76. The minimum Gasteiger partial charge on any atom is -0.320 e. The third kappa shape index (κ3) is 6.99. The molecule has 0 saturated heterocycles. The van der Waals surface area contributed by atoms with Gasteiger partial charge in [-0.2, -0.15) is 0 Å². The zero-order valence-electron chi connectivity index (χ0n) is 28.1. The van der Waals surface area contributed by atoms with E-state index < -0.39 is 0 Å². The van der Waals surface area contributed by atoms with E-state index in [2.05, 4.69) is 143 Å². The number of allylic oxidation sites excluding steroid dienone is 2. The molecule has 0 amide bonds. The predicted octanol–water partition coefficient (Wildman–Crippen LogP) is 9.93. The molecule has 0 radical (unpaired) electrons. The van der Waals surface area contributed by atoms with Gasteiger partial charge >= 0.3 is 0 Å². The van der Waals surface area contributed by atoms with Crippen molar-refractivity contribution in [2.45, 2.75) is 27.1 Å². The Labute approximate surface area is 288 Å². The molecule has 1 heterocycles. The maximum absolute atomic E-state index is 5.03. The van der Waals surface area contributed by atoms with Crippen LogP contribution in [-0.4, -0.2) is 42.8 Å². The van der Waals surface area contributed by atoms with Crippen LogP contribution in [0, 0.1) is 5.41 Å². The molecule has 0 fully saturated rings. The van der Waals surface area contributed by atoms with Gasteiger partial charge in [-0.1, -0.05) is 135 Å². The average molecular weight is 641 g/mol. The zero-order valence-corrected chi connectivity index (χ0v) is 28.1. The summed E-state index contributed by atoms with van der Waals surface area (Å²) in [7, 11) is 0. The van der Waals surface area contributed by atoms with Crippen LogP contribution in [-0.2, 0) is 13.2 Å². The molecule has 6 heteroatoms. The van der Waals surface area contributed by atoms with Gasteiger partial charge in [0.2, 0.25) is 0 Å². The van der Waals surface area contributed by atoms with Gasteiger partial charge in [-0.05, 0) is 48.6 Å². The molecule has 1 aliphatic rings. The van der Waals surface area contributed by atoms with Crippen LogP contribution in [0.2, 0.25) is 0 Å². The summed E-state index contributed by atoms with van der Waals surface area (Å²) in [5, 5.41) is 5.02. The Balaban J connectivity index is 0.000000207. The quantitative estimate of drug-likeness (QED) is 0.112. The Kier molecular flexibility index (Phi) is 9.96. The van der Waals surface area contributed by atoms with E-state index in [9.17, 15) is 0 Å². The molecule has 6 aromatic rings. The SMILES string of the molecule is C=NC(=NCc1ccccc1)c1ccccc1.C=NC/C(=N/Cn1c2ccccc2c2c3ccccc3ccc21)C1=C(N=C)C(C)(C)C=C1. The van der Waals surface area contributed by atoms with E-state index in [0.717, 1.165) is 22.5 Å². The summed E-state index contributed by atoms with van der Waals surface area (Å²) >= 11 is 0. The number of amidine groups is 1. The number of hydrogen-bond donors (Lipinski definition) is 0. The van der Waals surface area contributed by atoms with Crippen LogP contribution in [0.4, 0.5) is 0 Å². The molecule has 0 unspecified atom stereocenters. The molecule has 0 N–H and O–H groups in total. The Morgan fingerprint density at radius 2 is 1.37 bits per heavy atom. The Morgan fingerprint density at radius 1 is 0.694 bits per heavy atom. The van der Waals surface area contributed by atoms with E-state index in [1.807, 2.05) is 48.5 Å². The normalized spacial score (nSPS) is 14.2. The average Bonchev–Trinajstić information content (AvgIpc) is 3.64. The molecule has 6 nitrogen and oxygen atoms in total. The lowest BCUT2D eigenvalue weighted by Gasteiger charge is -2.18. The van der Waals surface area contributed by atoms with E-state index in [4.69, 9.17) is 4.99 Å². The molecule has 0 saturated carbocycles. The fourth-order valence-corrected chi connectivity index (χ4v) is 6.34. The van der Waals surface area contributed by atoms with Crippen molar-refractivity contribution in [3.8, 4) is 0 Å². The van der Waals surface area contributed by atoms with Crippen molar-refractivity contribution < 1.29 is 0 Å². The highest BCUT2D eigenvalue weighted by molar-refractivity contribution is 6.20. The van der Waals surface area contributed by atoms with Crippen molar-refractivity contribution in [2.75, 3.05) is 6.54 Å². The first-order chi connectivity index (χ1) is 23.9. The summed E-state index contributed by atoms with van der Waals surface area (Å²) in [5.41, 5.74) is 7.19. The molecule has 242 valence electrons. The smallest absolute Gasteiger partial charge is 0.154 e. The van der Waals surface area contributed by atoms with Gasteiger partial charge in [0.25, 0.3) is 0 Å². The van der Waals surface area contributed by atoms with Crippen LogP contribution in [0.15, 0.2) is 170 Å². The van der Waals surface area contributed by atoms with Gasteiger partial charge in [0.1, 0.15) is 6.67 Å². The molecule has 49 heavy (non-hydrogen) atoms. The van der Waals surface area contributed by atoms with Gasteiger partial charge in [0.05, 0.1) is 35.5 Å². The number of rotatable bonds is 9. The summed E-state index contributed by atoms with van der Waals surface area (Å²) in [5.74, 6) is 0.689. The summed E-state index contributed by atoms with van der Waals surface area (Å²) < 4.78 is 2.28. The van der Waals surface area contributed by atoms with E-state index in [0.29, 0.717) is 25.6 Å². The highest BCUT2D eigenvalue weighted by atomic mass is 15.1. The molecule has 7 rings (SSSR count). The number of benzene rings is 5.